The summed E-state index contributed by atoms with van der Waals surface area (Å²) in [4.78, 5) is 12.5. The van der Waals surface area contributed by atoms with Crippen LogP contribution in [0.5, 0.6) is 0 Å². The minimum atomic E-state index is 0. The van der Waals surface area contributed by atoms with Crippen LogP contribution in [0.3, 0.4) is 0 Å². The molecule has 0 amide bonds. The van der Waals surface area contributed by atoms with Crippen LogP contribution in [0.4, 0.5) is 0 Å². The quantitative estimate of drug-likeness (QED) is 0.606. The summed E-state index contributed by atoms with van der Waals surface area (Å²) in [6.07, 6.45) is 0. The molecule has 2 aromatic carbocycles. The van der Waals surface area contributed by atoms with E-state index in [9.17, 15) is 4.79 Å². The van der Waals surface area contributed by atoms with Gasteiger partial charge in [0.25, 0.3) is 0 Å². The molecule has 0 aliphatic carbocycles. The number of carbonyl (C=O) groups is 1. The summed E-state index contributed by atoms with van der Waals surface area (Å²) < 4.78 is 0. The van der Waals surface area contributed by atoms with Crippen molar-refractivity contribution >= 4 is 19.4 Å². The van der Waals surface area contributed by atoms with E-state index in [1.165, 1.54) is 11.1 Å². The fraction of sp³-hybridized carbons (Fsp3) is 0.235. The van der Waals surface area contributed by atoms with Crippen molar-refractivity contribution in [1.29, 1.82) is 0 Å². The monoisotopic (exact) mass is 277 g/mol. The van der Waals surface area contributed by atoms with Crippen molar-refractivity contribution in [2.45, 2.75) is 27.7 Å². The van der Waals surface area contributed by atoms with Crippen molar-refractivity contribution in [3.63, 3.8) is 0 Å². The molecule has 0 heterocycles. The van der Waals surface area contributed by atoms with Crippen LogP contribution in [0.25, 0.3) is 0 Å². The van der Waals surface area contributed by atoms with Crippen molar-refractivity contribution in [3.8, 4) is 0 Å². The topological polar surface area (TPSA) is 17.1 Å². The molecule has 0 radical (unpaired) electrons. The number of carbonyl (C=O) groups excluding carboxylic acids is 1. The van der Waals surface area contributed by atoms with Crippen molar-refractivity contribution in [3.05, 3.63) is 64.2 Å². The Kier molecular flexibility index (Phi) is 6.22. The first kappa shape index (κ1) is 17.2. The van der Waals surface area contributed by atoms with Gasteiger partial charge in [0, 0.05) is 5.56 Å². The first-order chi connectivity index (χ1) is 8.97. The normalized spacial score (nSPS) is 10.6. The SMILES string of the molecule is Cc1ccc(PC(=O)c2c(C)cc(C)cc2C)cc1.[Li+]. The Bertz CT molecular complexity index is 594. The van der Waals surface area contributed by atoms with Gasteiger partial charge >= 0.3 is 18.9 Å². The van der Waals surface area contributed by atoms with Gasteiger partial charge in [-0.3, -0.25) is 4.79 Å². The van der Waals surface area contributed by atoms with Gasteiger partial charge in [0.2, 0.25) is 0 Å². The molecule has 3 heteroatoms. The number of benzene rings is 2. The molecule has 0 saturated carbocycles. The van der Waals surface area contributed by atoms with Gasteiger partial charge < -0.3 is 0 Å². The maximum atomic E-state index is 12.5. The van der Waals surface area contributed by atoms with Gasteiger partial charge in [-0.2, -0.15) is 0 Å². The molecule has 20 heavy (non-hydrogen) atoms. The van der Waals surface area contributed by atoms with Gasteiger partial charge in [-0.1, -0.05) is 47.5 Å². The maximum Gasteiger partial charge on any atom is 1.00 e. The second kappa shape index (κ2) is 7.23. The van der Waals surface area contributed by atoms with E-state index in [0.29, 0.717) is 0 Å². The van der Waals surface area contributed by atoms with Crippen molar-refractivity contribution in [2.24, 2.45) is 0 Å². The Balaban J connectivity index is 0.00000200. The fourth-order valence-electron chi connectivity index (χ4n) is 2.37. The third-order valence-electron chi connectivity index (χ3n) is 3.21. The molecule has 98 valence electrons. The Labute approximate surface area is 135 Å². The molecular formula is C17H19LiOP+. The van der Waals surface area contributed by atoms with E-state index >= 15 is 0 Å². The van der Waals surface area contributed by atoms with Gasteiger partial charge in [-0.25, -0.2) is 0 Å². The second-order valence-electron chi connectivity index (χ2n) is 5.09. The zero-order valence-electron chi connectivity index (χ0n) is 12.9. The van der Waals surface area contributed by atoms with Gasteiger partial charge in [-0.15, -0.1) is 0 Å². The zero-order chi connectivity index (χ0) is 14.0. The van der Waals surface area contributed by atoms with E-state index in [-0.39, 0.29) is 33.0 Å². The first-order valence-corrected chi connectivity index (χ1v) is 7.43. The molecule has 0 aliphatic rings. The molecular weight excluding hydrogens is 258 g/mol. The van der Waals surface area contributed by atoms with Crippen molar-refractivity contribution in [1.82, 2.24) is 0 Å². The van der Waals surface area contributed by atoms with Gasteiger partial charge in [0.05, 0.1) is 0 Å². The molecule has 0 aliphatic heterocycles. The van der Waals surface area contributed by atoms with Gasteiger partial charge in [0.15, 0.2) is 5.52 Å². The molecule has 1 unspecified atom stereocenters. The predicted octanol–water partition coefficient (Wildman–Crippen LogP) is 1.07. The standard InChI is InChI=1S/C17H19OP.Li/c1-11-5-7-15(8-6-11)19-17(18)16-13(3)9-12(2)10-14(16)4;/h5-10,19H,1-4H3;/q;+1. The van der Waals surface area contributed by atoms with Crippen molar-refractivity contribution < 1.29 is 23.7 Å². The van der Waals surface area contributed by atoms with Crippen LogP contribution in [0.1, 0.15) is 32.6 Å². The van der Waals surface area contributed by atoms with Crippen LogP contribution in [-0.4, -0.2) is 5.52 Å². The molecule has 1 atom stereocenters. The summed E-state index contributed by atoms with van der Waals surface area (Å²) in [5, 5.41) is 1.11. The molecule has 0 spiro atoms. The Morgan fingerprint density at radius 1 is 0.850 bits per heavy atom. The molecule has 0 fully saturated rings. The van der Waals surface area contributed by atoms with Crippen LogP contribution in [0, 0.1) is 27.7 Å². The predicted molar refractivity (Wildman–Crippen MR) is 84.1 cm³/mol. The molecule has 0 bridgehead atoms. The molecule has 1 nitrogen and oxygen atoms in total. The zero-order valence-corrected chi connectivity index (χ0v) is 13.9. The van der Waals surface area contributed by atoms with Crippen LogP contribution < -0.4 is 24.2 Å². The van der Waals surface area contributed by atoms with E-state index in [1.807, 2.05) is 26.0 Å². The van der Waals surface area contributed by atoms with E-state index in [2.05, 4.69) is 38.1 Å². The third-order valence-corrected chi connectivity index (χ3v) is 4.31. The summed E-state index contributed by atoms with van der Waals surface area (Å²) >= 11 is 0. The van der Waals surface area contributed by atoms with E-state index in [4.69, 9.17) is 0 Å². The minimum Gasteiger partial charge on any atom is -0.289 e. The smallest absolute Gasteiger partial charge is 0.289 e. The fourth-order valence-corrected chi connectivity index (χ4v) is 3.48. The Hall–Kier alpha value is -0.863. The number of hydrogen-bond acceptors (Lipinski definition) is 1. The maximum absolute atomic E-state index is 12.5. The molecule has 0 saturated heterocycles. The summed E-state index contributed by atoms with van der Waals surface area (Å²) in [5.41, 5.74) is 5.74. The Morgan fingerprint density at radius 3 is 1.85 bits per heavy atom. The minimum absolute atomic E-state index is 0. The first-order valence-electron chi connectivity index (χ1n) is 6.43. The number of aryl methyl sites for hydroxylation is 4. The van der Waals surface area contributed by atoms with Gasteiger partial charge in [-0.05, 0) is 52.7 Å². The summed E-state index contributed by atoms with van der Waals surface area (Å²) in [6.45, 7) is 8.17. The van der Waals surface area contributed by atoms with Gasteiger partial charge in [0.1, 0.15) is 0 Å². The summed E-state index contributed by atoms with van der Waals surface area (Å²) in [7, 11) is 0.203. The third kappa shape index (κ3) is 4.06. The van der Waals surface area contributed by atoms with E-state index < -0.39 is 0 Å². The van der Waals surface area contributed by atoms with E-state index in [1.54, 1.807) is 0 Å². The average Bonchev–Trinajstić information content (AvgIpc) is 2.30. The summed E-state index contributed by atoms with van der Waals surface area (Å²) in [5.74, 6) is 0. The second-order valence-corrected chi connectivity index (χ2v) is 6.38. The summed E-state index contributed by atoms with van der Waals surface area (Å²) in [6, 6.07) is 12.4. The van der Waals surface area contributed by atoms with Crippen LogP contribution in [-0.2, 0) is 0 Å². The van der Waals surface area contributed by atoms with Crippen LogP contribution in [0.15, 0.2) is 36.4 Å². The van der Waals surface area contributed by atoms with E-state index in [0.717, 1.165) is 22.0 Å². The van der Waals surface area contributed by atoms with Crippen LogP contribution >= 0.6 is 8.58 Å². The molecule has 2 rings (SSSR count). The largest absolute Gasteiger partial charge is 1.00 e. The Morgan fingerprint density at radius 2 is 1.35 bits per heavy atom. The molecule has 0 aromatic heterocycles. The number of rotatable bonds is 3. The van der Waals surface area contributed by atoms with Crippen molar-refractivity contribution in [2.75, 3.05) is 0 Å². The molecule has 0 N–H and O–H groups in total. The average molecular weight is 277 g/mol. The number of hydrogen-bond donors (Lipinski definition) is 0. The van der Waals surface area contributed by atoms with Crippen LogP contribution in [0.2, 0.25) is 0 Å². The molecule has 2 aromatic rings.